The maximum absolute atomic E-state index is 3.47. The van der Waals surface area contributed by atoms with Crippen LogP contribution in [0.2, 0.25) is 0 Å². The standard InChI is InChI=1S/C12H25N/c1-3-13-10-11(2)12-8-6-4-5-7-9-12/h11-13H,3-10H2,1-2H3. The fraction of sp³-hybridized carbons (Fsp3) is 1.00. The predicted octanol–water partition coefficient (Wildman–Crippen LogP) is 3.20. The molecule has 1 aliphatic rings. The molecule has 1 atom stereocenters. The molecule has 0 aliphatic heterocycles. The van der Waals surface area contributed by atoms with Crippen LogP contribution in [-0.2, 0) is 0 Å². The summed E-state index contributed by atoms with van der Waals surface area (Å²) in [5, 5.41) is 3.47. The van der Waals surface area contributed by atoms with Gasteiger partial charge in [0.15, 0.2) is 0 Å². The fourth-order valence-electron chi connectivity index (χ4n) is 2.42. The Balaban J connectivity index is 2.22. The van der Waals surface area contributed by atoms with E-state index < -0.39 is 0 Å². The molecule has 1 saturated carbocycles. The highest BCUT2D eigenvalue weighted by Crippen LogP contribution is 2.28. The van der Waals surface area contributed by atoms with Gasteiger partial charge < -0.3 is 5.32 Å². The summed E-state index contributed by atoms with van der Waals surface area (Å²) < 4.78 is 0. The maximum atomic E-state index is 3.47. The molecule has 0 spiro atoms. The summed E-state index contributed by atoms with van der Waals surface area (Å²) in [7, 11) is 0. The number of rotatable bonds is 4. The lowest BCUT2D eigenvalue weighted by molar-refractivity contribution is 0.309. The first-order valence-electron chi connectivity index (χ1n) is 6.05. The van der Waals surface area contributed by atoms with Gasteiger partial charge in [0, 0.05) is 0 Å². The van der Waals surface area contributed by atoms with Crippen molar-refractivity contribution in [1.82, 2.24) is 5.32 Å². The number of hydrogen-bond donors (Lipinski definition) is 1. The van der Waals surface area contributed by atoms with Gasteiger partial charge in [0.05, 0.1) is 0 Å². The Kier molecular flexibility index (Phi) is 5.45. The van der Waals surface area contributed by atoms with Crippen molar-refractivity contribution in [3.8, 4) is 0 Å². The van der Waals surface area contributed by atoms with E-state index in [0.717, 1.165) is 18.4 Å². The van der Waals surface area contributed by atoms with E-state index in [1.807, 2.05) is 0 Å². The third kappa shape index (κ3) is 4.12. The predicted molar refractivity (Wildman–Crippen MR) is 58.9 cm³/mol. The zero-order chi connectivity index (χ0) is 9.52. The van der Waals surface area contributed by atoms with Crippen LogP contribution < -0.4 is 5.32 Å². The Hall–Kier alpha value is -0.0400. The van der Waals surface area contributed by atoms with Crippen molar-refractivity contribution in [3.05, 3.63) is 0 Å². The van der Waals surface area contributed by atoms with Crippen LogP contribution in [-0.4, -0.2) is 13.1 Å². The van der Waals surface area contributed by atoms with Gasteiger partial charge in [-0.1, -0.05) is 52.4 Å². The SMILES string of the molecule is CCNCC(C)C1CCCCCC1. The van der Waals surface area contributed by atoms with Crippen molar-refractivity contribution in [2.24, 2.45) is 11.8 Å². The molecule has 0 bridgehead atoms. The largest absolute Gasteiger partial charge is 0.317 e. The minimum atomic E-state index is 0.887. The Morgan fingerprint density at radius 3 is 2.31 bits per heavy atom. The molecule has 0 aromatic rings. The molecule has 0 aromatic carbocycles. The first-order valence-corrected chi connectivity index (χ1v) is 6.05. The number of nitrogens with one attached hydrogen (secondary N) is 1. The lowest BCUT2D eigenvalue weighted by Gasteiger charge is -2.22. The lowest BCUT2D eigenvalue weighted by atomic mass is 9.87. The summed E-state index contributed by atoms with van der Waals surface area (Å²) >= 11 is 0. The van der Waals surface area contributed by atoms with Crippen molar-refractivity contribution < 1.29 is 0 Å². The van der Waals surface area contributed by atoms with E-state index in [4.69, 9.17) is 0 Å². The second kappa shape index (κ2) is 6.42. The van der Waals surface area contributed by atoms with Gasteiger partial charge in [-0.3, -0.25) is 0 Å². The molecule has 0 radical (unpaired) electrons. The van der Waals surface area contributed by atoms with Gasteiger partial charge in [-0.15, -0.1) is 0 Å². The van der Waals surface area contributed by atoms with Crippen LogP contribution in [0, 0.1) is 11.8 Å². The average Bonchev–Trinajstić information content (AvgIpc) is 2.42. The molecule has 1 unspecified atom stereocenters. The zero-order valence-corrected chi connectivity index (χ0v) is 9.31. The number of hydrogen-bond acceptors (Lipinski definition) is 1. The first kappa shape index (κ1) is 11.0. The van der Waals surface area contributed by atoms with Gasteiger partial charge in [-0.05, 0) is 24.9 Å². The second-order valence-electron chi connectivity index (χ2n) is 4.54. The van der Waals surface area contributed by atoms with Gasteiger partial charge in [-0.25, -0.2) is 0 Å². The molecule has 1 aliphatic carbocycles. The van der Waals surface area contributed by atoms with E-state index in [1.54, 1.807) is 0 Å². The Morgan fingerprint density at radius 2 is 1.77 bits per heavy atom. The Morgan fingerprint density at radius 1 is 1.15 bits per heavy atom. The van der Waals surface area contributed by atoms with Gasteiger partial charge >= 0.3 is 0 Å². The fourth-order valence-corrected chi connectivity index (χ4v) is 2.42. The minimum absolute atomic E-state index is 0.887. The van der Waals surface area contributed by atoms with Gasteiger partial charge in [-0.2, -0.15) is 0 Å². The molecule has 1 heteroatoms. The van der Waals surface area contributed by atoms with E-state index in [-0.39, 0.29) is 0 Å². The molecular weight excluding hydrogens is 158 g/mol. The van der Waals surface area contributed by atoms with Gasteiger partial charge in [0.1, 0.15) is 0 Å². The Labute approximate surface area is 83.3 Å². The molecular formula is C12H25N. The van der Waals surface area contributed by atoms with Crippen molar-refractivity contribution >= 4 is 0 Å². The van der Waals surface area contributed by atoms with E-state index in [9.17, 15) is 0 Å². The van der Waals surface area contributed by atoms with Crippen molar-refractivity contribution in [3.63, 3.8) is 0 Å². The monoisotopic (exact) mass is 183 g/mol. The lowest BCUT2D eigenvalue weighted by Crippen LogP contribution is -2.25. The second-order valence-corrected chi connectivity index (χ2v) is 4.54. The molecule has 1 rings (SSSR count). The summed E-state index contributed by atoms with van der Waals surface area (Å²) in [6, 6.07) is 0. The highest BCUT2D eigenvalue weighted by atomic mass is 14.8. The van der Waals surface area contributed by atoms with E-state index in [1.165, 1.54) is 45.1 Å². The van der Waals surface area contributed by atoms with Crippen LogP contribution in [0.15, 0.2) is 0 Å². The van der Waals surface area contributed by atoms with Crippen LogP contribution in [0.4, 0.5) is 0 Å². The highest BCUT2D eigenvalue weighted by Gasteiger charge is 2.18. The highest BCUT2D eigenvalue weighted by molar-refractivity contribution is 4.71. The molecule has 0 aromatic heterocycles. The molecule has 1 N–H and O–H groups in total. The molecule has 0 saturated heterocycles. The smallest absolute Gasteiger partial charge is 0.00206 e. The molecule has 78 valence electrons. The van der Waals surface area contributed by atoms with E-state index in [2.05, 4.69) is 19.2 Å². The van der Waals surface area contributed by atoms with Gasteiger partial charge in [0.25, 0.3) is 0 Å². The van der Waals surface area contributed by atoms with E-state index in [0.29, 0.717) is 0 Å². The van der Waals surface area contributed by atoms with Crippen LogP contribution in [0.3, 0.4) is 0 Å². The summed E-state index contributed by atoms with van der Waals surface area (Å²) in [6.07, 6.45) is 8.86. The van der Waals surface area contributed by atoms with Gasteiger partial charge in [0.2, 0.25) is 0 Å². The summed E-state index contributed by atoms with van der Waals surface area (Å²) in [6.45, 7) is 6.96. The Bertz CT molecular complexity index is 114. The average molecular weight is 183 g/mol. The van der Waals surface area contributed by atoms with Crippen LogP contribution in [0.5, 0.6) is 0 Å². The quantitative estimate of drug-likeness (QED) is 0.660. The molecule has 0 heterocycles. The van der Waals surface area contributed by atoms with Crippen molar-refractivity contribution in [2.45, 2.75) is 52.4 Å². The van der Waals surface area contributed by atoms with Crippen LogP contribution in [0.1, 0.15) is 52.4 Å². The minimum Gasteiger partial charge on any atom is -0.317 e. The third-order valence-electron chi connectivity index (χ3n) is 3.42. The maximum Gasteiger partial charge on any atom is -0.00206 e. The summed E-state index contributed by atoms with van der Waals surface area (Å²) in [4.78, 5) is 0. The molecule has 0 amide bonds. The van der Waals surface area contributed by atoms with E-state index >= 15 is 0 Å². The molecule has 1 fully saturated rings. The van der Waals surface area contributed by atoms with Crippen molar-refractivity contribution in [2.75, 3.05) is 13.1 Å². The first-order chi connectivity index (χ1) is 6.34. The summed E-state index contributed by atoms with van der Waals surface area (Å²) in [5.74, 6) is 1.89. The molecule has 1 nitrogen and oxygen atoms in total. The topological polar surface area (TPSA) is 12.0 Å². The third-order valence-corrected chi connectivity index (χ3v) is 3.42. The zero-order valence-electron chi connectivity index (χ0n) is 9.31. The normalized spacial score (nSPS) is 22.6. The molecule has 13 heavy (non-hydrogen) atoms. The van der Waals surface area contributed by atoms with Crippen LogP contribution >= 0.6 is 0 Å². The van der Waals surface area contributed by atoms with Crippen molar-refractivity contribution in [1.29, 1.82) is 0 Å². The summed E-state index contributed by atoms with van der Waals surface area (Å²) in [5.41, 5.74) is 0. The van der Waals surface area contributed by atoms with Crippen LogP contribution in [0.25, 0.3) is 0 Å².